The van der Waals surface area contributed by atoms with E-state index in [1.165, 1.54) is 0 Å². The monoisotopic (exact) mass is 390 g/mol. The molecular formula is C23H22N2O4. The number of carbonyl (C=O) groups excluding carboxylic acids is 2. The van der Waals surface area contributed by atoms with Crippen molar-refractivity contribution in [1.82, 2.24) is 5.32 Å². The van der Waals surface area contributed by atoms with Gasteiger partial charge in [-0.3, -0.25) is 9.59 Å². The summed E-state index contributed by atoms with van der Waals surface area (Å²) in [5.41, 5.74) is 2.25. The molecule has 3 rings (SSSR count). The molecule has 0 fully saturated rings. The summed E-state index contributed by atoms with van der Waals surface area (Å²) in [5.74, 6) is 0.848. The highest BCUT2D eigenvalue weighted by Gasteiger charge is 2.14. The molecule has 0 radical (unpaired) electrons. The number of carbonyl (C=O) groups is 2. The highest BCUT2D eigenvalue weighted by atomic mass is 16.5. The van der Waals surface area contributed by atoms with Crippen LogP contribution in [0.25, 0.3) is 0 Å². The first kappa shape index (κ1) is 19.9. The van der Waals surface area contributed by atoms with Crippen LogP contribution in [0.1, 0.15) is 26.3 Å². The van der Waals surface area contributed by atoms with Crippen LogP contribution >= 0.6 is 0 Å². The Labute approximate surface area is 169 Å². The highest BCUT2D eigenvalue weighted by molar-refractivity contribution is 6.09. The van der Waals surface area contributed by atoms with Gasteiger partial charge in [-0.05, 0) is 54.1 Å². The summed E-state index contributed by atoms with van der Waals surface area (Å²) in [7, 11) is 3.17. The molecule has 6 heteroatoms. The Morgan fingerprint density at radius 1 is 0.759 bits per heavy atom. The van der Waals surface area contributed by atoms with Crippen molar-refractivity contribution in [2.24, 2.45) is 0 Å². The SMILES string of the molecule is COc1ccc(CNC(=O)c2ccccc2NC(=O)c2ccc(OC)cc2)cc1. The minimum Gasteiger partial charge on any atom is -0.497 e. The molecule has 2 amide bonds. The lowest BCUT2D eigenvalue weighted by atomic mass is 10.1. The summed E-state index contributed by atoms with van der Waals surface area (Å²) < 4.78 is 10.2. The number of methoxy groups -OCH3 is 2. The van der Waals surface area contributed by atoms with E-state index in [1.54, 1.807) is 62.8 Å². The van der Waals surface area contributed by atoms with Crippen molar-refractivity contribution in [2.45, 2.75) is 6.54 Å². The number of nitrogens with one attached hydrogen (secondary N) is 2. The fourth-order valence-corrected chi connectivity index (χ4v) is 2.75. The second kappa shape index (κ2) is 9.41. The van der Waals surface area contributed by atoms with Gasteiger partial charge in [0.05, 0.1) is 25.5 Å². The molecule has 0 aliphatic rings. The van der Waals surface area contributed by atoms with Gasteiger partial charge in [0.15, 0.2) is 0 Å². The van der Waals surface area contributed by atoms with Crippen molar-refractivity contribution >= 4 is 17.5 Å². The Morgan fingerprint density at radius 3 is 1.97 bits per heavy atom. The van der Waals surface area contributed by atoms with Crippen LogP contribution in [0.5, 0.6) is 11.5 Å². The summed E-state index contributed by atoms with van der Waals surface area (Å²) in [6.45, 7) is 0.365. The van der Waals surface area contributed by atoms with E-state index in [9.17, 15) is 9.59 Å². The predicted molar refractivity (Wildman–Crippen MR) is 112 cm³/mol. The van der Waals surface area contributed by atoms with E-state index >= 15 is 0 Å². The number of para-hydroxylation sites is 1. The Morgan fingerprint density at radius 2 is 1.34 bits per heavy atom. The maximum atomic E-state index is 12.7. The Kier molecular flexibility index (Phi) is 6.47. The molecule has 0 saturated heterocycles. The van der Waals surface area contributed by atoms with Gasteiger partial charge in [-0.1, -0.05) is 24.3 Å². The standard InChI is InChI=1S/C23H22N2O4/c1-28-18-11-7-16(8-12-18)15-24-23(27)20-5-3-4-6-21(20)25-22(26)17-9-13-19(29-2)14-10-17/h3-14H,15H2,1-2H3,(H,24,27)(H,25,26). The fraction of sp³-hybridized carbons (Fsp3) is 0.130. The zero-order valence-corrected chi connectivity index (χ0v) is 16.3. The van der Waals surface area contributed by atoms with Crippen LogP contribution in [-0.4, -0.2) is 26.0 Å². The maximum absolute atomic E-state index is 12.7. The smallest absolute Gasteiger partial charge is 0.255 e. The first-order valence-corrected chi connectivity index (χ1v) is 9.06. The normalized spacial score (nSPS) is 10.1. The Hall–Kier alpha value is -3.80. The molecule has 0 bridgehead atoms. The third kappa shape index (κ3) is 5.13. The second-order valence-corrected chi connectivity index (χ2v) is 6.26. The van der Waals surface area contributed by atoms with E-state index in [1.807, 2.05) is 24.3 Å². The molecule has 0 aliphatic heterocycles. The number of anilines is 1. The third-order valence-corrected chi connectivity index (χ3v) is 4.38. The summed E-state index contributed by atoms with van der Waals surface area (Å²) in [6, 6.07) is 21.1. The van der Waals surface area contributed by atoms with Gasteiger partial charge in [0.2, 0.25) is 0 Å². The van der Waals surface area contributed by atoms with Crippen LogP contribution in [0.4, 0.5) is 5.69 Å². The predicted octanol–water partition coefficient (Wildman–Crippen LogP) is 3.89. The molecule has 0 saturated carbocycles. The molecule has 0 aromatic heterocycles. The molecule has 3 aromatic rings. The molecule has 148 valence electrons. The third-order valence-electron chi connectivity index (χ3n) is 4.38. The molecule has 0 unspecified atom stereocenters. The number of amides is 2. The van der Waals surface area contributed by atoms with E-state index in [4.69, 9.17) is 9.47 Å². The molecule has 2 N–H and O–H groups in total. The van der Waals surface area contributed by atoms with E-state index in [-0.39, 0.29) is 11.8 Å². The van der Waals surface area contributed by atoms with Crippen molar-refractivity contribution < 1.29 is 19.1 Å². The lowest BCUT2D eigenvalue weighted by molar-refractivity contribution is 0.0952. The van der Waals surface area contributed by atoms with Crippen LogP contribution in [-0.2, 0) is 6.54 Å². The van der Waals surface area contributed by atoms with Crippen LogP contribution in [0.15, 0.2) is 72.8 Å². The summed E-state index contributed by atoms with van der Waals surface area (Å²) in [6.07, 6.45) is 0. The highest BCUT2D eigenvalue weighted by Crippen LogP contribution is 2.18. The quantitative estimate of drug-likeness (QED) is 0.642. The zero-order chi connectivity index (χ0) is 20.6. The maximum Gasteiger partial charge on any atom is 0.255 e. The largest absolute Gasteiger partial charge is 0.497 e. The van der Waals surface area contributed by atoms with E-state index in [2.05, 4.69) is 10.6 Å². The fourth-order valence-electron chi connectivity index (χ4n) is 2.75. The van der Waals surface area contributed by atoms with Gasteiger partial charge in [0.25, 0.3) is 11.8 Å². The first-order valence-electron chi connectivity index (χ1n) is 9.06. The van der Waals surface area contributed by atoms with Crippen LogP contribution in [0, 0.1) is 0 Å². The molecule has 3 aromatic carbocycles. The summed E-state index contributed by atoms with van der Waals surface area (Å²) >= 11 is 0. The lowest BCUT2D eigenvalue weighted by Gasteiger charge is -2.12. The lowest BCUT2D eigenvalue weighted by Crippen LogP contribution is -2.24. The molecule has 0 heterocycles. The van der Waals surface area contributed by atoms with Crippen molar-refractivity contribution in [3.63, 3.8) is 0 Å². The average molecular weight is 390 g/mol. The molecular weight excluding hydrogens is 368 g/mol. The number of benzene rings is 3. The Bertz CT molecular complexity index is 983. The Balaban J connectivity index is 1.68. The second-order valence-electron chi connectivity index (χ2n) is 6.26. The van der Waals surface area contributed by atoms with Crippen molar-refractivity contribution in [2.75, 3.05) is 19.5 Å². The van der Waals surface area contributed by atoms with Crippen LogP contribution in [0.2, 0.25) is 0 Å². The van der Waals surface area contributed by atoms with Gasteiger partial charge >= 0.3 is 0 Å². The van der Waals surface area contributed by atoms with Gasteiger partial charge in [-0.15, -0.1) is 0 Å². The topological polar surface area (TPSA) is 76.7 Å². The van der Waals surface area contributed by atoms with Gasteiger partial charge in [0, 0.05) is 12.1 Å². The minimum absolute atomic E-state index is 0.272. The first-order chi connectivity index (χ1) is 14.1. The van der Waals surface area contributed by atoms with Gasteiger partial charge in [0.1, 0.15) is 11.5 Å². The van der Waals surface area contributed by atoms with Crippen molar-refractivity contribution in [3.05, 3.63) is 89.5 Å². The minimum atomic E-state index is -0.303. The molecule has 0 spiro atoms. The van der Waals surface area contributed by atoms with Gasteiger partial charge in [-0.25, -0.2) is 0 Å². The zero-order valence-electron chi connectivity index (χ0n) is 16.3. The van der Waals surface area contributed by atoms with Crippen molar-refractivity contribution in [3.8, 4) is 11.5 Å². The molecule has 6 nitrogen and oxygen atoms in total. The molecule has 0 aliphatic carbocycles. The molecule has 29 heavy (non-hydrogen) atoms. The molecule has 0 atom stereocenters. The number of hydrogen-bond acceptors (Lipinski definition) is 4. The van der Waals surface area contributed by atoms with E-state index in [0.29, 0.717) is 29.1 Å². The average Bonchev–Trinajstić information content (AvgIpc) is 2.78. The van der Waals surface area contributed by atoms with Crippen molar-refractivity contribution in [1.29, 1.82) is 0 Å². The van der Waals surface area contributed by atoms with Crippen LogP contribution < -0.4 is 20.1 Å². The van der Waals surface area contributed by atoms with E-state index < -0.39 is 0 Å². The number of hydrogen-bond donors (Lipinski definition) is 2. The summed E-state index contributed by atoms with van der Waals surface area (Å²) in [5, 5.41) is 5.67. The number of ether oxygens (including phenoxy) is 2. The summed E-state index contributed by atoms with van der Waals surface area (Å²) in [4.78, 5) is 25.2. The van der Waals surface area contributed by atoms with E-state index in [0.717, 1.165) is 11.3 Å². The van der Waals surface area contributed by atoms with Crippen LogP contribution in [0.3, 0.4) is 0 Å². The van der Waals surface area contributed by atoms with Gasteiger partial charge < -0.3 is 20.1 Å². The number of rotatable bonds is 7. The van der Waals surface area contributed by atoms with Gasteiger partial charge in [-0.2, -0.15) is 0 Å².